The van der Waals surface area contributed by atoms with Gasteiger partial charge in [-0.05, 0) is 13.3 Å². The molecule has 1 unspecified atom stereocenters. The zero-order valence-electron chi connectivity index (χ0n) is 7.87. The molecule has 13 heavy (non-hydrogen) atoms. The molecule has 1 aromatic heterocycles. The largest absolute Gasteiger partial charge is 0.320 e. The Morgan fingerprint density at radius 2 is 2.46 bits per heavy atom. The fourth-order valence-corrected chi connectivity index (χ4v) is 1.77. The smallest absolute Gasteiger partial charge is 0.107 e. The first-order chi connectivity index (χ1) is 6.10. The normalized spacial score (nSPS) is 14.9. The summed E-state index contributed by atoms with van der Waals surface area (Å²) in [5, 5.41) is 11.3. The zero-order chi connectivity index (χ0) is 9.90. The Kier molecular flexibility index (Phi) is 3.02. The summed E-state index contributed by atoms with van der Waals surface area (Å²) >= 11 is 1.50. The average molecular weight is 195 g/mol. The maximum absolute atomic E-state index is 8.47. The molecule has 1 aromatic rings. The number of thiazole rings is 1. The van der Waals surface area contributed by atoms with Crippen molar-refractivity contribution in [3.63, 3.8) is 0 Å². The standard InChI is InChI=1S/C9H13N3S/c1-3-9(2,11)7-6-13-8(12-7)4-5-10/h6H,3-4,11H2,1-2H3. The molecule has 2 N–H and O–H groups in total. The zero-order valence-corrected chi connectivity index (χ0v) is 8.69. The van der Waals surface area contributed by atoms with Gasteiger partial charge in [-0.3, -0.25) is 0 Å². The van der Waals surface area contributed by atoms with Crippen molar-refractivity contribution >= 4 is 11.3 Å². The molecule has 0 aliphatic heterocycles. The summed E-state index contributed by atoms with van der Waals surface area (Å²) in [5.74, 6) is 0. The van der Waals surface area contributed by atoms with Crippen molar-refractivity contribution in [1.82, 2.24) is 4.98 Å². The van der Waals surface area contributed by atoms with E-state index in [9.17, 15) is 0 Å². The molecule has 1 rings (SSSR count). The van der Waals surface area contributed by atoms with Crippen molar-refractivity contribution in [2.24, 2.45) is 5.73 Å². The van der Waals surface area contributed by atoms with Crippen LogP contribution in [0.15, 0.2) is 5.38 Å². The summed E-state index contributed by atoms with van der Waals surface area (Å²) in [4.78, 5) is 4.31. The summed E-state index contributed by atoms with van der Waals surface area (Å²) < 4.78 is 0. The van der Waals surface area contributed by atoms with E-state index < -0.39 is 0 Å². The Morgan fingerprint density at radius 1 is 1.77 bits per heavy atom. The molecule has 0 aliphatic carbocycles. The third-order valence-electron chi connectivity index (χ3n) is 2.10. The lowest BCUT2D eigenvalue weighted by Crippen LogP contribution is -2.32. The van der Waals surface area contributed by atoms with E-state index in [1.807, 2.05) is 19.2 Å². The molecule has 3 nitrogen and oxygen atoms in total. The van der Waals surface area contributed by atoms with E-state index in [0.717, 1.165) is 17.1 Å². The summed E-state index contributed by atoms with van der Waals surface area (Å²) in [6, 6.07) is 2.07. The summed E-state index contributed by atoms with van der Waals surface area (Å²) in [6.07, 6.45) is 1.23. The second-order valence-corrected chi connectivity index (χ2v) is 4.18. The number of aromatic nitrogens is 1. The lowest BCUT2D eigenvalue weighted by molar-refractivity contribution is 0.463. The first-order valence-electron chi connectivity index (χ1n) is 4.21. The van der Waals surface area contributed by atoms with Gasteiger partial charge in [0.15, 0.2) is 0 Å². The van der Waals surface area contributed by atoms with E-state index in [2.05, 4.69) is 11.1 Å². The molecule has 0 aliphatic rings. The van der Waals surface area contributed by atoms with Crippen LogP contribution in [0.4, 0.5) is 0 Å². The molecule has 70 valence electrons. The van der Waals surface area contributed by atoms with E-state index in [1.54, 1.807) is 0 Å². The number of hydrogen-bond acceptors (Lipinski definition) is 4. The Bertz CT molecular complexity index is 322. The van der Waals surface area contributed by atoms with Crippen LogP contribution >= 0.6 is 11.3 Å². The average Bonchev–Trinajstić information content (AvgIpc) is 2.54. The molecule has 0 saturated carbocycles. The molecular weight excluding hydrogens is 182 g/mol. The summed E-state index contributed by atoms with van der Waals surface area (Å²) in [7, 11) is 0. The Hall–Kier alpha value is -0.920. The second kappa shape index (κ2) is 3.86. The second-order valence-electron chi connectivity index (χ2n) is 3.23. The monoisotopic (exact) mass is 195 g/mol. The summed E-state index contributed by atoms with van der Waals surface area (Å²) in [5.41, 5.74) is 6.54. The fourth-order valence-electron chi connectivity index (χ4n) is 0.903. The first-order valence-corrected chi connectivity index (χ1v) is 5.09. The van der Waals surface area contributed by atoms with E-state index in [4.69, 9.17) is 11.0 Å². The van der Waals surface area contributed by atoms with Crippen molar-refractivity contribution in [2.75, 3.05) is 0 Å². The van der Waals surface area contributed by atoms with Crippen LogP contribution in [0.3, 0.4) is 0 Å². The lowest BCUT2D eigenvalue weighted by atomic mass is 9.97. The highest BCUT2D eigenvalue weighted by atomic mass is 32.1. The molecule has 0 radical (unpaired) electrons. The van der Waals surface area contributed by atoms with E-state index in [0.29, 0.717) is 6.42 Å². The van der Waals surface area contributed by atoms with Crippen LogP contribution in [0.5, 0.6) is 0 Å². The number of nitrogens with zero attached hydrogens (tertiary/aromatic N) is 2. The van der Waals surface area contributed by atoms with Gasteiger partial charge in [-0.2, -0.15) is 5.26 Å². The minimum absolute atomic E-state index is 0.357. The quantitative estimate of drug-likeness (QED) is 0.799. The van der Waals surface area contributed by atoms with Crippen LogP contribution in [-0.2, 0) is 12.0 Å². The van der Waals surface area contributed by atoms with Crippen LogP contribution in [0.25, 0.3) is 0 Å². The molecule has 4 heteroatoms. The molecule has 1 atom stereocenters. The number of rotatable bonds is 3. The number of hydrogen-bond donors (Lipinski definition) is 1. The topological polar surface area (TPSA) is 62.7 Å². The molecule has 0 fully saturated rings. The molecule has 0 aromatic carbocycles. The maximum Gasteiger partial charge on any atom is 0.107 e. The van der Waals surface area contributed by atoms with Gasteiger partial charge in [-0.25, -0.2) is 4.98 Å². The first kappa shape index (κ1) is 10.2. The third kappa shape index (κ3) is 2.27. The minimum Gasteiger partial charge on any atom is -0.320 e. The van der Waals surface area contributed by atoms with Gasteiger partial charge in [-0.15, -0.1) is 11.3 Å². The number of nitriles is 1. The van der Waals surface area contributed by atoms with Crippen LogP contribution in [0.1, 0.15) is 31.0 Å². The van der Waals surface area contributed by atoms with Crippen molar-refractivity contribution in [2.45, 2.75) is 32.2 Å². The van der Waals surface area contributed by atoms with Gasteiger partial charge in [-0.1, -0.05) is 6.92 Å². The molecule has 0 amide bonds. The van der Waals surface area contributed by atoms with Gasteiger partial charge >= 0.3 is 0 Å². The Balaban J connectivity index is 2.86. The molecular formula is C9H13N3S. The predicted molar refractivity (Wildman–Crippen MR) is 53.3 cm³/mol. The highest BCUT2D eigenvalue weighted by Gasteiger charge is 2.21. The van der Waals surface area contributed by atoms with Gasteiger partial charge in [0.05, 0.1) is 23.7 Å². The SMILES string of the molecule is CCC(C)(N)c1csc(CC#N)n1. The molecule has 0 spiro atoms. The van der Waals surface area contributed by atoms with Crippen LogP contribution in [0, 0.1) is 11.3 Å². The Morgan fingerprint density at radius 3 is 3.00 bits per heavy atom. The summed E-state index contributed by atoms with van der Waals surface area (Å²) in [6.45, 7) is 3.99. The van der Waals surface area contributed by atoms with Gasteiger partial charge in [0.2, 0.25) is 0 Å². The van der Waals surface area contributed by atoms with Crippen LogP contribution in [-0.4, -0.2) is 4.98 Å². The van der Waals surface area contributed by atoms with Crippen molar-refractivity contribution in [1.29, 1.82) is 5.26 Å². The Labute approximate surface area is 82.2 Å². The highest BCUT2D eigenvalue weighted by Crippen LogP contribution is 2.23. The molecule has 0 saturated heterocycles. The third-order valence-corrected chi connectivity index (χ3v) is 2.95. The van der Waals surface area contributed by atoms with Gasteiger partial charge in [0.1, 0.15) is 5.01 Å². The van der Waals surface area contributed by atoms with Crippen molar-refractivity contribution < 1.29 is 0 Å². The highest BCUT2D eigenvalue weighted by molar-refractivity contribution is 7.09. The van der Waals surface area contributed by atoms with Crippen LogP contribution in [0.2, 0.25) is 0 Å². The lowest BCUT2D eigenvalue weighted by Gasteiger charge is -2.19. The van der Waals surface area contributed by atoms with Gasteiger partial charge < -0.3 is 5.73 Å². The fraction of sp³-hybridized carbons (Fsp3) is 0.556. The van der Waals surface area contributed by atoms with Crippen molar-refractivity contribution in [3.8, 4) is 6.07 Å². The molecule has 1 heterocycles. The predicted octanol–water partition coefficient (Wildman–Crippen LogP) is 1.79. The maximum atomic E-state index is 8.47. The van der Waals surface area contributed by atoms with Crippen LogP contribution < -0.4 is 5.73 Å². The number of nitrogens with two attached hydrogens (primary N) is 1. The van der Waals surface area contributed by atoms with E-state index in [1.165, 1.54) is 11.3 Å². The van der Waals surface area contributed by atoms with Gasteiger partial charge in [0, 0.05) is 5.38 Å². The van der Waals surface area contributed by atoms with E-state index >= 15 is 0 Å². The molecule has 0 bridgehead atoms. The van der Waals surface area contributed by atoms with E-state index in [-0.39, 0.29) is 5.54 Å². The minimum atomic E-state index is -0.357. The van der Waals surface area contributed by atoms with Gasteiger partial charge in [0.25, 0.3) is 0 Å². The van der Waals surface area contributed by atoms with Crippen molar-refractivity contribution in [3.05, 3.63) is 16.1 Å².